The fourth-order valence-corrected chi connectivity index (χ4v) is 3.72. The molecule has 128 valence electrons. The van der Waals surface area contributed by atoms with Gasteiger partial charge in [0.2, 0.25) is 0 Å². The van der Waals surface area contributed by atoms with Crippen molar-refractivity contribution in [1.29, 1.82) is 0 Å². The van der Waals surface area contributed by atoms with Crippen LogP contribution in [0.1, 0.15) is 43.4 Å². The minimum Gasteiger partial charge on any atom is -0.483 e. The molecule has 4 rings (SSSR count). The maximum Gasteiger partial charge on any atom is 0.149 e. The van der Waals surface area contributed by atoms with Crippen LogP contribution in [-0.2, 0) is 5.41 Å². The normalized spacial score (nSPS) is 21.2. The van der Waals surface area contributed by atoms with E-state index in [1.54, 1.807) is 0 Å². The average molecular weight is 331 g/mol. The highest BCUT2D eigenvalue weighted by molar-refractivity contribution is 5.60. The van der Waals surface area contributed by atoms with E-state index in [0.29, 0.717) is 0 Å². The van der Waals surface area contributed by atoms with E-state index in [0.717, 1.165) is 17.1 Å². The summed E-state index contributed by atoms with van der Waals surface area (Å²) in [7, 11) is 0. The third-order valence-corrected chi connectivity index (χ3v) is 5.11. The van der Waals surface area contributed by atoms with Gasteiger partial charge in [0.05, 0.1) is 5.70 Å². The fraction of sp³-hybridized carbons (Fsp3) is 0.304. The van der Waals surface area contributed by atoms with Crippen LogP contribution in [0.2, 0.25) is 0 Å². The summed E-state index contributed by atoms with van der Waals surface area (Å²) in [6.07, 6.45) is 6.55. The molecule has 2 aliphatic rings. The summed E-state index contributed by atoms with van der Waals surface area (Å²) in [5.41, 5.74) is 6.14. The van der Waals surface area contributed by atoms with Crippen molar-refractivity contribution in [2.24, 2.45) is 0 Å². The number of allylic oxidation sites excluding steroid dienone is 2. The van der Waals surface area contributed by atoms with Crippen LogP contribution in [0.4, 0.5) is 5.69 Å². The zero-order valence-corrected chi connectivity index (χ0v) is 15.3. The molecule has 25 heavy (non-hydrogen) atoms. The van der Waals surface area contributed by atoms with Crippen LogP contribution in [0.25, 0.3) is 0 Å². The number of nitrogens with one attached hydrogen (secondary N) is 1. The molecule has 0 radical (unpaired) electrons. The molecule has 0 bridgehead atoms. The molecule has 2 aromatic rings. The van der Waals surface area contributed by atoms with Crippen molar-refractivity contribution in [2.75, 3.05) is 5.32 Å². The number of benzene rings is 2. The fourth-order valence-electron chi connectivity index (χ4n) is 3.72. The summed E-state index contributed by atoms with van der Waals surface area (Å²) in [6, 6.07) is 14.9. The lowest BCUT2D eigenvalue weighted by Gasteiger charge is -2.25. The Hall–Kier alpha value is -2.48. The van der Waals surface area contributed by atoms with Crippen LogP contribution < -0.4 is 10.1 Å². The third kappa shape index (κ3) is 2.76. The number of fused-ring (bicyclic) bond motifs is 3. The average Bonchev–Trinajstić information content (AvgIpc) is 2.96. The van der Waals surface area contributed by atoms with Crippen molar-refractivity contribution in [3.8, 4) is 5.75 Å². The second kappa shape index (κ2) is 5.80. The Morgan fingerprint density at radius 3 is 2.56 bits per heavy atom. The molecule has 2 atom stereocenters. The summed E-state index contributed by atoms with van der Waals surface area (Å²) in [6.45, 7) is 8.85. The van der Waals surface area contributed by atoms with Crippen molar-refractivity contribution >= 4 is 5.69 Å². The van der Waals surface area contributed by atoms with Crippen LogP contribution in [0.5, 0.6) is 5.75 Å². The van der Waals surface area contributed by atoms with Crippen LogP contribution in [-0.4, -0.2) is 6.10 Å². The Bertz CT molecular complexity index is 870. The number of aryl methyl sites for hydroxylation is 1. The van der Waals surface area contributed by atoms with Gasteiger partial charge in [-0.15, -0.1) is 0 Å². The molecule has 1 aliphatic carbocycles. The van der Waals surface area contributed by atoms with Crippen molar-refractivity contribution in [3.63, 3.8) is 0 Å². The van der Waals surface area contributed by atoms with Crippen LogP contribution in [0.15, 0.2) is 66.4 Å². The van der Waals surface area contributed by atoms with E-state index in [4.69, 9.17) is 4.74 Å². The van der Waals surface area contributed by atoms with Crippen molar-refractivity contribution in [2.45, 2.75) is 45.1 Å². The monoisotopic (exact) mass is 331 g/mol. The van der Waals surface area contributed by atoms with Crippen LogP contribution in [0.3, 0.4) is 0 Å². The highest BCUT2D eigenvalue weighted by Crippen LogP contribution is 2.47. The minimum atomic E-state index is 0.0168. The number of hydrogen-bond acceptors (Lipinski definition) is 2. The molecular formula is C23H25NO. The Morgan fingerprint density at radius 1 is 1.00 bits per heavy atom. The summed E-state index contributed by atoms with van der Waals surface area (Å²) in [5, 5.41) is 3.60. The third-order valence-electron chi connectivity index (χ3n) is 5.11. The largest absolute Gasteiger partial charge is 0.483 e. The zero-order chi connectivity index (χ0) is 17.6. The number of rotatable bonds is 2. The molecular weight excluding hydrogens is 306 g/mol. The summed E-state index contributed by atoms with van der Waals surface area (Å²) >= 11 is 0. The molecule has 0 amide bonds. The van der Waals surface area contributed by atoms with E-state index in [1.807, 2.05) is 0 Å². The molecule has 0 spiro atoms. The predicted molar refractivity (Wildman–Crippen MR) is 104 cm³/mol. The molecule has 0 saturated carbocycles. The first kappa shape index (κ1) is 16.0. The van der Waals surface area contributed by atoms with Gasteiger partial charge in [-0.05, 0) is 35.6 Å². The molecule has 1 heterocycles. The quantitative estimate of drug-likeness (QED) is 0.762. The van der Waals surface area contributed by atoms with Gasteiger partial charge < -0.3 is 10.1 Å². The lowest BCUT2D eigenvalue weighted by Crippen LogP contribution is -2.27. The Labute approximate surface area is 150 Å². The summed E-state index contributed by atoms with van der Waals surface area (Å²) < 4.78 is 6.51. The molecule has 2 heteroatoms. The SMILES string of the molecule is Cc1ccccc1NC1=CC=CC2c3cccc(C(C)(C)C)c3OC12. The summed E-state index contributed by atoms with van der Waals surface area (Å²) in [5.74, 6) is 1.34. The Balaban J connectivity index is 1.69. The number of para-hydroxylation sites is 2. The number of anilines is 1. The van der Waals surface area contributed by atoms with E-state index in [9.17, 15) is 0 Å². The van der Waals surface area contributed by atoms with Crippen LogP contribution >= 0.6 is 0 Å². The van der Waals surface area contributed by atoms with Gasteiger partial charge in [0, 0.05) is 17.2 Å². The predicted octanol–water partition coefficient (Wildman–Crippen LogP) is 5.70. The van der Waals surface area contributed by atoms with E-state index < -0.39 is 0 Å². The van der Waals surface area contributed by atoms with Gasteiger partial charge in [0.15, 0.2) is 0 Å². The van der Waals surface area contributed by atoms with Crippen molar-refractivity contribution in [3.05, 3.63) is 83.1 Å². The van der Waals surface area contributed by atoms with E-state index in [-0.39, 0.29) is 17.4 Å². The maximum absolute atomic E-state index is 6.51. The van der Waals surface area contributed by atoms with Crippen LogP contribution in [0, 0.1) is 6.92 Å². The standard InChI is InChI=1S/C23H25NO/c1-15-9-5-6-13-19(15)24-20-14-8-11-17-16-10-7-12-18(23(2,3)4)21(16)25-22(17)20/h5-14,17,22,24H,1-4H3. The van der Waals surface area contributed by atoms with Gasteiger partial charge in [-0.1, -0.05) is 69.3 Å². The molecule has 2 unspecified atom stereocenters. The molecule has 0 fully saturated rings. The second-order valence-electron chi connectivity index (χ2n) is 7.98. The first-order valence-electron chi connectivity index (χ1n) is 8.96. The number of ether oxygens (including phenoxy) is 1. The van der Waals surface area contributed by atoms with E-state index in [1.165, 1.54) is 16.7 Å². The zero-order valence-electron chi connectivity index (χ0n) is 15.3. The molecule has 1 aliphatic heterocycles. The van der Waals surface area contributed by atoms with E-state index >= 15 is 0 Å². The van der Waals surface area contributed by atoms with Crippen molar-refractivity contribution in [1.82, 2.24) is 0 Å². The topological polar surface area (TPSA) is 21.3 Å². The molecule has 0 saturated heterocycles. The molecule has 2 nitrogen and oxygen atoms in total. The van der Waals surface area contributed by atoms with Gasteiger partial charge in [0.1, 0.15) is 11.9 Å². The maximum atomic E-state index is 6.51. The van der Waals surface area contributed by atoms with Gasteiger partial charge >= 0.3 is 0 Å². The van der Waals surface area contributed by atoms with E-state index in [2.05, 4.69) is 93.7 Å². The highest BCUT2D eigenvalue weighted by atomic mass is 16.5. The molecule has 2 aromatic carbocycles. The lowest BCUT2D eigenvalue weighted by atomic mass is 9.83. The van der Waals surface area contributed by atoms with Gasteiger partial charge in [-0.25, -0.2) is 0 Å². The first-order chi connectivity index (χ1) is 11.9. The van der Waals surface area contributed by atoms with Gasteiger partial charge in [-0.2, -0.15) is 0 Å². The molecule has 0 aromatic heterocycles. The van der Waals surface area contributed by atoms with Crippen molar-refractivity contribution < 1.29 is 4.74 Å². The van der Waals surface area contributed by atoms with Gasteiger partial charge in [-0.3, -0.25) is 0 Å². The Kier molecular flexibility index (Phi) is 3.72. The lowest BCUT2D eigenvalue weighted by molar-refractivity contribution is 0.252. The molecule has 1 N–H and O–H groups in total. The van der Waals surface area contributed by atoms with Gasteiger partial charge in [0.25, 0.3) is 0 Å². The highest BCUT2D eigenvalue weighted by Gasteiger charge is 2.39. The second-order valence-corrected chi connectivity index (χ2v) is 7.98. The Morgan fingerprint density at radius 2 is 1.80 bits per heavy atom. The first-order valence-corrected chi connectivity index (χ1v) is 8.96. The number of hydrogen-bond donors (Lipinski definition) is 1. The summed E-state index contributed by atoms with van der Waals surface area (Å²) in [4.78, 5) is 0. The minimum absolute atomic E-state index is 0.0168. The smallest absolute Gasteiger partial charge is 0.149 e.